The van der Waals surface area contributed by atoms with Gasteiger partial charge in [-0.1, -0.05) is 12.1 Å². The molecule has 2 aromatic carbocycles. The van der Waals surface area contributed by atoms with E-state index in [1.54, 1.807) is 12.1 Å². The van der Waals surface area contributed by atoms with Crippen LogP contribution < -0.4 is 5.32 Å². The zero-order valence-electron chi connectivity index (χ0n) is 9.45. The van der Waals surface area contributed by atoms with E-state index < -0.39 is 5.91 Å². The van der Waals surface area contributed by atoms with Crippen molar-refractivity contribution in [1.29, 1.82) is 0 Å². The summed E-state index contributed by atoms with van der Waals surface area (Å²) in [5.41, 5.74) is 0.823. The zero-order valence-corrected chi connectivity index (χ0v) is 14.2. The highest BCUT2D eigenvalue weighted by atomic mass is 79.9. The molecule has 1 amide bonds. The highest BCUT2D eigenvalue weighted by Crippen LogP contribution is 2.34. The third-order valence-corrected chi connectivity index (χ3v) is 5.13. The highest BCUT2D eigenvalue weighted by Gasteiger charge is 2.18. The largest absolute Gasteiger partial charge is 0.507 e. The normalized spacial score (nSPS) is 10.3. The van der Waals surface area contributed by atoms with E-state index >= 15 is 0 Å². The Morgan fingerprint density at radius 2 is 1.68 bits per heavy atom. The molecule has 0 aliphatic carbocycles. The Hall–Kier alpha value is -0.850. The van der Waals surface area contributed by atoms with Crippen LogP contribution in [0, 0.1) is 0 Å². The summed E-state index contributed by atoms with van der Waals surface area (Å²) in [5.74, 6) is -0.475. The topological polar surface area (TPSA) is 49.3 Å². The fourth-order valence-corrected chi connectivity index (χ4v) is 2.73. The van der Waals surface area contributed by atoms with Crippen LogP contribution in [0.5, 0.6) is 5.75 Å². The maximum atomic E-state index is 12.2. The fourth-order valence-electron chi connectivity index (χ4n) is 1.50. The number of phenols is 1. The number of amides is 1. The lowest BCUT2D eigenvalue weighted by atomic mass is 10.2. The summed E-state index contributed by atoms with van der Waals surface area (Å²) >= 11 is 9.94. The van der Waals surface area contributed by atoms with Crippen LogP contribution in [0.25, 0.3) is 0 Å². The SMILES string of the molecule is O=C(Nc1ccccc1Br)c1c(O)ccc(Br)c1Br. The van der Waals surface area contributed by atoms with Gasteiger partial charge in [0, 0.05) is 13.4 Å². The molecule has 98 valence electrons. The number of rotatable bonds is 2. The number of nitrogens with one attached hydrogen (secondary N) is 1. The summed E-state index contributed by atoms with van der Waals surface area (Å²) in [7, 11) is 0. The molecule has 2 rings (SSSR count). The predicted octanol–water partition coefficient (Wildman–Crippen LogP) is 4.93. The van der Waals surface area contributed by atoms with Crippen molar-refractivity contribution in [2.45, 2.75) is 0 Å². The van der Waals surface area contributed by atoms with Crippen LogP contribution in [0.4, 0.5) is 5.69 Å². The molecule has 0 fully saturated rings. The number of hydrogen-bond acceptors (Lipinski definition) is 2. The lowest BCUT2D eigenvalue weighted by Crippen LogP contribution is -2.13. The molecule has 0 atom stereocenters. The van der Waals surface area contributed by atoms with Crippen LogP contribution in [0.1, 0.15) is 10.4 Å². The number of halogens is 3. The monoisotopic (exact) mass is 447 g/mol. The number of para-hydroxylation sites is 1. The molecular formula is C13H8Br3NO2. The molecule has 2 aromatic rings. The number of anilines is 1. The second-order valence-electron chi connectivity index (χ2n) is 3.69. The first-order chi connectivity index (χ1) is 9.00. The van der Waals surface area contributed by atoms with Gasteiger partial charge in [-0.05, 0) is 72.1 Å². The van der Waals surface area contributed by atoms with Crippen molar-refractivity contribution in [3.05, 3.63) is 55.4 Å². The molecule has 0 aromatic heterocycles. The van der Waals surface area contributed by atoms with Gasteiger partial charge in [0.25, 0.3) is 5.91 Å². The summed E-state index contributed by atoms with van der Waals surface area (Å²) < 4.78 is 1.98. The lowest BCUT2D eigenvalue weighted by Gasteiger charge is -2.10. The van der Waals surface area contributed by atoms with E-state index in [2.05, 4.69) is 53.1 Å². The van der Waals surface area contributed by atoms with Crippen molar-refractivity contribution in [2.24, 2.45) is 0 Å². The standard InChI is InChI=1S/C13H8Br3NO2/c14-7-3-1-2-4-9(7)17-13(19)11-10(18)6-5-8(15)12(11)16/h1-6,18H,(H,17,19). The minimum atomic E-state index is -0.391. The molecule has 0 saturated heterocycles. The molecule has 0 aliphatic heterocycles. The number of carbonyl (C=O) groups excluding carboxylic acids is 1. The first-order valence-corrected chi connectivity index (χ1v) is 7.61. The van der Waals surface area contributed by atoms with Crippen LogP contribution in [0.15, 0.2) is 49.8 Å². The van der Waals surface area contributed by atoms with E-state index in [4.69, 9.17) is 0 Å². The molecule has 6 heteroatoms. The van der Waals surface area contributed by atoms with E-state index in [0.717, 1.165) is 4.47 Å². The number of hydrogen-bond donors (Lipinski definition) is 2. The molecule has 2 N–H and O–H groups in total. The van der Waals surface area contributed by atoms with E-state index in [1.165, 1.54) is 6.07 Å². The Bertz CT molecular complexity index is 644. The van der Waals surface area contributed by atoms with Crippen LogP contribution in [0.2, 0.25) is 0 Å². The van der Waals surface area contributed by atoms with Crippen LogP contribution in [-0.4, -0.2) is 11.0 Å². The van der Waals surface area contributed by atoms with Crippen molar-refractivity contribution in [1.82, 2.24) is 0 Å². The van der Waals surface area contributed by atoms with Crippen molar-refractivity contribution in [3.8, 4) is 5.75 Å². The van der Waals surface area contributed by atoms with Gasteiger partial charge in [-0.15, -0.1) is 0 Å². The number of phenolic OH excluding ortho intramolecular Hbond substituents is 1. The number of benzene rings is 2. The predicted molar refractivity (Wildman–Crippen MR) is 85.6 cm³/mol. The third kappa shape index (κ3) is 3.19. The summed E-state index contributed by atoms with van der Waals surface area (Å²) in [6.07, 6.45) is 0. The molecule has 0 radical (unpaired) electrons. The van der Waals surface area contributed by atoms with Gasteiger partial charge in [-0.25, -0.2) is 0 Å². The van der Waals surface area contributed by atoms with Gasteiger partial charge < -0.3 is 10.4 Å². The van der Waals surface area contributed by atoms with E-state index in [1.807, 2.05) is 18.2 Å². The second-order valence-corrected chi connectivity index (χ2v) is 6.19. The summed E-state index contributed by atoms with van der Waals surface area (Å²) in [6, 6.07) is 10.4. The quantitative estimate of drug-likeness (QED) is 0.682. The van der Waals surface area contributed by atoms with Gasteiger partial charge in [0.1, 0.15) is 5.75 Å². The second kappa shape index (κ2) is 6.07. The molecule has 0 spiro atoms. The van der Waals surface area contributed by atoms with E-state index in [0.29, 0.717) is 14.6 Å². The van der Waals surface area contributed by atoms with Gasteiger partial charge >= 0.3 is 0 Å². The Morgan fingerprint density at radius 1 is 1.00 bits per heavy atom. The minimum absolute atomic E-state index is 0.0837. The highest BCUT2D eigenvalue weighted by molar-refractivity contribution is 9.13. The smallest absolute Gasteiger partial charge is 0.260 e. The first-order valence-electron chi connectivity index (χ1n) is 5.23. The summed E-state index contributed by atoms with van der Waals surface area (Å²) in [5, 5.41) is 12.5. The van der Waals surface area contributed by atoms with E-state index in [-0.39, 0.29) is 11.3 Å². The molecule has 19 heavy (non-hydrogen) atoms. The fraction of sp³-hybridized carbons (Fsp3) is 0. The van der Waals surface area contributed by atoms with Crippen molar-refractivity contribution < 1.29 is 9.90 Å². The Kier molecular flexibility index (Phi) is 4.65. The average molecular weight is 450 g/mol. The van der Waals surface area contributed by atoms with Gasteiger partial charge in [0.2, 0.25) is 0 Å². The minimum Gasteiger partial charge on any atom is -0.507 e. The molecule has 0 heterocycles. The van der Waals surface area contributed by atoms with Gasteiger partial charge in [-0.2, -0.15) is 0 Å². The van der Waals surface area contributed by atoms with Crippen molar-refractivity contribution in [3.63, 3.8) is 0 Å². The first kappa shape index (κ1) is 14.6. The van der Waals surface area contributed by atoms with Crippen molar-refractivity contribution >= 4 is 59.4 Å². The lowest BCUT2D eigenvalue weighted by molar-refractivity contribution is 0.102. The number of carbonyl (C=O) groups is 1. The maximum Gasteiger partial charge on any atom is 0.260 e. The van der Waals surface area contributed by atoms with Crippen LogP contribution in [-0.2, 0) is 0 Å². The molecule has 0 unspecified atom stereocenters. The summed E-state index contributed by atoms with van der Waals surface area (Å²) in [6.45, 7) is 0. The number of aromatic hydroxyl groups is 1. The Morgan fingerprint density at radius 3 is 2.37 bits per heavy atom. The summed E-state index contributed by atoms with van der Waals surface area (Å²) in [4.78, 5) is 12.2. The zero-order chi connectivity index (χ0) is 14.0. The molecule has 0 saturated carbocycles. The van der Waals surface area contributed by atoms with Gasteiger partial charge in [0.05, 0.1) is 11.3 Å². The van der Waals surface area contributed by atoms with Gasteiger partial charge in [-0.3, -0.25) is 4.79 Å². The van der Waals surface area contributed by atoms with Gasteiger partial charge in [0.15, 0.2) is 0 Å². The molecule has 3 nitrogen and oxygen atoms in total. The van der Waals surface area contributed by atoms with Crippen molar-refractivity contribution in [2.75, 3.05) is 5.32 Å². The molecule has 0 aliphatic rings. The third-order valence-electron chi connectivity index (χ3n) is 2.42. The average Bonchev–Trinajstić information content (AvgIpc) is 2.37. The maximum absolute atomic E-state index is 12.2. The van der Waals surface area contributed by atoms with E-state index in [9.17, 15) is 9.90 Å². The molecule has 0 bridgehead atoms. The van der Waals surface area contributed by atoms with Crippen LogP contribution >= 0.6 is 47.8 Å². The van der Waals surface area contributed by atoms with Crippen LogP contribution in [0.3, 0.4) is 0 Å². The Balaban J connectivity index is 2.36. The molecular weight excluding hydrogens is 442 g/mol. The Labute approximate surface area is 135 Å².